The molecule has 1 heterocycles. The van der Waals surface area contributed by atoms with Crippen molar-refractivity contribution in [2.24, 2.45) is 11.8 Å². The van der Waals surface area contributed by atoms with Gasteiger partial charge < -0.3 is 10.2 Å². The van der Waals surface area contributed by atoms with E-state index >= 15 is 0 Å². The van der Waals surface area contributed by atoms with Crippen LogP contribution in [0.3, 0.4) is 0 Å². The van der Waals surface area contributed by atoms with Crippen molar-refractivity contribution in [2.45, 2.75) is 40.2 Å². The Kier molecular flexibility index (Phi) is 4.58. The van der Waals surface area contributed by atoms with E-state index in [1.165, 1.54) is 0 Å². The first-order chi connectivity index (χ1) is 6.99. The van der Waals surface area contributed by atoms with Crippen LogP contribution in [0.2, 0.25) is 0 Å². The molecule has 1 N–H and O–H groups in total. The summed E-state index contributed by atoms with van der Waals surface area (Å²) in [6, 6.07) is 0.528. The average molecular weight is 212 g/mol. The van der Waals surface area contributed by atoms with Gasteiger partial charge in [-0.15, -0.1) is 0 Å². The lowest BCUT2D eigenvalue weighted by atomic mass is 10.1. The molecule has 1 aliphatic rings. The summed E-state index contributed by atoms with van der Waals surface area (Å²) < 4.78 is 0. The van der Waals surface area contributed by atoms with Crippen LogP contribution in [-0.4, -0.2) is 36.5 Å². The van der Waals surface area contributed by atoms with Crippen LogP contribution >= 0.6 is 0 Å². The van der Waals surface area contributed by atoms with Gasteiger partial charge in [-0.1, -0.05) is 27.7 Å². The quantitative estimate of drug-likeness (QED) is 0.749. The smallest absolute Gasteiger partial charge is 0.222 e. The topological polar surface area (TPSA) is 32.3 Å². The Labute approximate surface area is 93.2 Å². The fraction of sp³-hybridized carbons (Fsp3) is 0.917. The first-order valence-corrected chi connectivity index (χ1v) is 6.00. The molecular formula is C12H24N2O. The van der Waals surface area contributed by atoms with Crippen LogP contribution in [0, 0.1) is 11.8 Å². The summed E-state index contributed by atoms with van der Waals surface area (Å²) in [5.74, 6) is 1.42. The predicted molar refractivity (Wildman–Crippen MR) is 62.7 cm³/mol. The number of carbonyl (C=O) groups is 1. The summed E-state index contributed by atoms with van der Waals surface area (Å²) in [7, 11) is 0. The Morgan fingerprint density at radius 2 is 2.13 bits per heavy atom. The number of carbonyl (C=O) groups excluding carboxylic acids is 1. The summed E-state index contributed by atoms with van der Waals surface area (Å²) in [4.78, 5) is 13.6. The van der Waals surface area contributed by atoms with E-state index in [4.69, 9.17) is 0 Å². The number of nitrogens with one attached hydrogen (secondary N) is 1. The van der Waals surface area contributed by atoms with Gasteiger partial charge in [0.05, 0.1) is 0 Å². The fourth-order valence-electron chi connectivity index (χ4n) is 2.02. The van der Waals surface area contributed by atoms with Gasteiger partial charge >= 0.3 is 0 Å². The molecule has 0 spiro atoms. The van der Waals surface area contributed by atoms with E-state index in [0.717, 1.165) is 26.1 Å². The number of hydrogen-bond acceptors (Lipinski definition) is 2. The highest BCUT2D eigenvalue weighted by atomic mass is 16.2. The minimum Gasteiger partial charge on any atom is -0.342 e. The highest BCUT2D eigenvalue weighted by Crippen LogP contribution is 2.17. The third-order valence-electron chi connectivity index (χ3n) is 2.81. The Bertz CT molecular complexity index is 216. The number of amides is 1. The summed E-state index contributed by atoms with van der Waals surface area (Å²) >= 11 is 0. The van der Waals surface area contributed by atoms with Crippen LogP contribution < -0.4 is 5.32 Å². The number of hydrogen-bond donors (Lipinski definition) is 1. The summed E-state index contributed by atoms with van der Waals surface area (Å²) in [5.41, 5.74) is 0. The van der Waals surface area contributed by atoms with E-state index in [1.807, 2.05) is 4.90 Å². The molecule has 0 aromatic heterocycles. The van der Waals surface area contributed by atoms with Crippen LogP contribution in [-0.2, 0) is 4.79 Å². The Morgan fingerprint density at radius 1 is 1.47 bits per heavy atom. The zero-order valence-corrected chi connectivity index (χ0v) is 10.4. The van der Waals surface area contributed by atoms with E-state index in [2.05, 4.69) is 33.0 Å². The molecule has 2 unspecified atom stereocenters. The molecule has 88 valence electrons. The van der Waals surface area contributed by atoms with Gasteiger partial charge in [-0.3, -0.25) is 4.79 Å². The molecule has 3 heteroatoms. The second kappa shape index (κ2) is 5.50. The molecule has 1 rings (SSSR count). The van der Waals surface area contributed by atoms with Crippen molar-refractivity contribution in [3.05, 3.63) is 0 Å². The first-order valence-electron chi connectivity index (χ1n) is 6.00. The zero-order valence-electron chi connectivity index (χ0n) is 10.4. The average Bonchev–Trinajstić information content (AvgIpc) is 2.42. The maximum absolute atomic E-state index is 11.6. The molecule has 0 saturated carbocycles. The van der Waals surface area contributed by atoms with Crippen LogP contribution in [0.5, 0.6) is 0 Å². The summed E-state index contributed by atoms with van der Waals surface area (Å²) in [6.45, 7) is 11.5. The third kappa shape index (κ3) is 4.20. The van der Waals surface area contributed by atoms with E-state index in [-0.39, 0.29) is 0 Å². The van der Waals surface area contributed by atoms with Crippen molar-refractivity contribution in [2.75, 3.05) is 19.6 Å². The van der Waals surface area contributed by atoms with Gasteiger partial charge in [0.25, 0.3) is 0 Å². The van der Waals surface area contributed by atoms with Gasteiger partial charge in [0.2, 0.25) is 5.91 Å². The Morgan fingerprint density at radius 3 is 2.60 bits per heavy atom. The Balaban J connectivity index is 2.25. The fourth-order valence-corrected chi connectivity index (χ4v) is 2.02. The van der Waals surface area contributed by atoms with Gasteiger partial charge in [-0.2, -0.15) is 0 Å². The van der Waals surface area contributed by atoms with Crippen LogP contribution in [0.1, 0.15) is 34.1 Å². The van der Waals surface area contributed by atoms with Gasteiger partial charge in [-0.05, 0) is 18.4 Å². The standard InChI is InChI=1S/C12H24N2O/c1-9(2)13-6-11(4)8-14-7-10(3)5-12(14)15/h9-11,13H,5-8H2,1-4H3. The number of likely N-dealkylation sites (tertiary alicyclic amines) is 1. The summed E-state index contributed by atoms with van der Waals surface area (Å²) in [5, 5.41) is 3.41. The molecule has 0 radical (unpaired) electrons. The van der Waals surface area contributed by atoms with E-state index in [9.17, 15) is 4.79 Å². The lowest BCUT2D eigenvalue weighted by Crippen LogP contribution is -2.36. The van der Waals surface area contributed by atoms with Crippen molar-refractivity contribution < 1.29 is 4.79 Å². The molecule has 3 nitrogen and oxygen atoms in total. The predicted octanol–water partition coefficient (Wildman–Crippen LogP) is 1.49. The molecule has 1 saturated heterocycles. The first kappa shape index (κ1) is 12.5. The van der Waals surface area contributed by atoms with Gasteiger partial charge in [-0.25, -0.2) is 0 Å². The maximum atomic E-state index is 11.6. The van der Waals surface area contributed by atoms with E-state index in [1.54, 1.807) is 0 Å². The molecular weight excluding hydrogens is 188 g/mol. The van der Waals surface area contributed by atoms with E-state index in [0.29, 0.717) is 23.8 Å². The van der Waals surface area contributed by atoms with Crippen molar-refractivity contribution in [1.82, 2.24) is 10.2 Å². The monoisotopic (exact) mass is 212 g/mol. The SMILES string of the molecule is CC(CNC(C)C)CN1CC(C)CC1=O. The van der Waals surface area contributed by atoms with Crippen LogP contribution in [0.4, 0.5) is 0 Å². The van der Waals surface area contributed by atoms with Crippen LogP contribution in [0.25, 0.3) is 0 Å². The number of rotatable bonds is 5. The summed E-state index contributed by atoms with van der Waals surface area (Å²) in [6.07, 6.45) is 0.740. The van der Waals surface area contributed by atoms with Gasteiger partial charge in [0.1, 0.15) is 0 Å². The third-order valence-corrected chi connectivity index (χ3v) is 2.81. The lowest BCUT2D eigenvalue weighted by Gasteiger charge is -2.22. The number of nitrogens with zero attached hydrogens (tertiary/aromatic N) is 1. The van der Waals surface area contributed by atoms with Gasteiger partial charge in [0, 0.05) is 25.6 Å². The minimum atomic E-state index is 0.332. The molecule has 1 amide bonds. The van der Waals surface area contributed by atoms with Crippen molar-refractivity contribution >= 4 is 5.91 Å². The second-order valence-corrected chi connectivity index (χ2v) is 5.28. The van der Waals surface area contributed by atoms with Gasteiger partial charge in [0.15, 0.2) is 0 Å². The van der Waals surface area contributed by atoms with Crippen molar-refractivity contribution in [1.29, 1.82) is 0 Å². The molecule has 1 fully saturated rings. The zero-order chi connectivity index (χ0) is 11.4. The largest absolute Gasteiger partial charge is 0.342 e. The molecule has 1 aliphatic heterocycles. The van der Waals surface area contributed by atoms with Crippen molar-refractivity contribution in [3.8, 4) is 0 Å². The molecule has 15 heavy (non-hydrogen) atoms. The molecule has 0 bridgehead atoms. The maximum Gasteiger partial charge on any atom is 0.222 e. The highest BCUT2D eigenvalue weighted by molar-refractivity contribution is 5.78. The van der Waals surface area contributed by atoms with Crippen LogP contribution in [0.15, 0.2) is 0 Å². The lowest BCUT2D eigenvalue weighted by molar-refractivity contribution is -0.128. The molecule has 0 aromatic rings. The molecule has 2 atom stereocenters. The highest BCUT2D eigenvalue weighted by Gasteiger charge is 2.27. The van der Waals surface area contributed by atoms with E-state index < -0.39 is 0 Å². The molecule has 0 aliphatic carbocycles. The molecule has 0 aromatic carbocycles. The Hall–Kier alpha value is -0.570. The minimum absolute atomic E-state index is 0.332. The second-order valence-electron chi connectivity index (χ2n) is 5.28. The van der Waals surface area contributed by atoms with Crippen molar-refractivity contribution in [3.63, 3.8) is 0 Å². The normalized spacial score (nSPS) is 23.9.